The molecule has 0 aromatic rings. The van der Waals surface area contributed by atoms with Gasteiger partial charge in [0.15, 0.2) is 6.10 Å². The first-order valence-corrected chi connectivity index (χ1v) is 9.96. The van der Waals surface area contributed by atoms with Crippen molar-refractivity contribution in [2.24, 2.45) is 5.92 Å². The minimum atomic E-state index is -0.965. The molecule has 0 aromatic heterocycles. The lowest BCUT2D eigenvalue weighted by Gasteiger charge is -2.30. The molecule has 3 rings (SSSR count). The van der Waals surface area contributed by atoms with E-state index in [0.29, 0.717) is 18.8 Å². The van der Waals surface area contributed by atoms with Gasteiger partial charge in [-0.05, 0) is 38.5 Å². The molecular weight excluding hydrogens is 350 g/mol. The highest BCUT2D eigenvalue weighted by Crippen LogP contribution is 2.34. The molecule has 1 spiro atoms. The van der Waals surface area contributed by atoms with E-state index < -0.39 is 30.2 Å². The van der Waals surface area contributed by atoms with Crippen LogP contribution in [0, 0.1) is 5.92 Å². The average Bonchev–Trinajstić information content (AvgIpc) is 3.18. The van der Waals surface area contributed by atoms with Gasteiger partial charge in [0.25, 0.3) is 11.8 Å². The Hall–Kier alpha value is -2.12. The summed E-state index contributed by atoms with van der Waals surface area (Å²) in [6.45, 7) is 3.15. The predicted octanol–water partition coefficient (Wildman–Crippen LogP) is 1.48. The molecule has 3 fully saturated rings. The fraction of sp³-hybridized carbons (Fsp3) is 0.789. The summed E-state index contributed by atoms with van der Waals surface area (Å²) < 4.78 is 5.17. The van der Waals surface area contributed by atoms with Crippen molar-refractivity contribution in [2.45, 2.75) is 82.9 Å². The van der Waals surface area contributed by atoms with Gasteiger partial charge in [-0.3, -0.25) is 19.3 Å². The first kappa shape index (κ1) is 19.6. The van der Waals surface area contributed by atoms with Gasteiger partial charge in [-0.2, -0.15) is 0 Å². The molecule has 2 saturated carbocycles. The molecule has 3 aliphatic rings. The fourth-order valence-electron chi connectivity index (χ4n) is 4.39. The number of carbonyl (C=O) groups is 4. The summed E-state index contributed by atoms with van der Waals surface area (Å²) in [6.07, 6.45) is 6.24. The largest absolute Gasteiger partial charge is 0.451 e. The quantitative estimate of drug-likeness (QED) is 0.556. The van der Waals surface area contributed by atoms with E-state index in [2.05, 4.69) is 17.6 Å². The summed E-state index contributed by atoms with van der Waals surface area (Å²) in [5, 5.41) is 5.67. The van der Waals surface area contributed by atoms with Crippen LogP contribution in [-0.4, -0.2) is 52.9 Å². The van der Waals surface area contributed by atoms with Gasteiger partial charge in [-0.15, -0.1) is 0 Å². The van der Waals surface area contributed by atoms with Crippen LogP contribution in [0.1, 0.15) is 65.2 Å². The third kappa shape index (κ3) is 4.09. The molecule has 0 aromatic carbocycles. The molecule has 2 N–H and O–H groups in total. The maximum Gasteiger partial charge on any atom is 0.327 e. The fourth-order valence-corrected chi connectivity index (χ4v) is 4.39. The minimum absolute atomic E-state index is 0.0977. The third-order valence-electron chi connectivity index (χ3n) is 6.11. The van der Waals surface area contributed by atoms with Crippen molar-refractivity contribution in [1.29, 1.82) is 0 Å². The standard InChI is InChI=1S/C19H29N3O5/c1-12-7-3-4-8-14(12)20-16(24)13(2)27-15(23)11-22-17(25)19(21-18(22)26)9-5-6-10-19/h12-14H,3-11H2,1-2H3,(H,20,24)(H,21,26)/t12-,13-,14+/m1/s1. The summed E-state index contributed by atoms with van der Waals surface area (Å²) >= 11 is 0. The van der Waals surface area contributed by atoms with Crippen LogP contribution in [0.25, 0.3) is 0 Å². The SMILES string of the molecule is C[C@@H]1CCCC[C@@H]1NC(=O)[C@@H](C)OC(=O)CN1C(=O)NC2(CCCC2)C1=O. The highest BCUT2D eigenvalue weighted by atomic mass is 16.5. The predicted molar refractivity (Wildman–Crippen MR) is 96.6 cm³/mol. The van der Waals surface area contributed by atoms with E-state index in [1.807, 2.05) is 0 Å². The van der Waals surface area contributed by atoms with Crippen LogP contribution in [0.4, 0.5) is 4.79 Å². The summed E-state index contributed by atoms with van der Waals surface area (Å²) in [7, 11) is 0. The van der Waals surface area contributed by atoms with Crippen molar-refractivity contribution in [3.63, 3.8) is 0 Å². The normalized spacial score (nSPS) is 28.1. The monoisotopic (exact) mass is 379 g/mol. The second-order valence-corrected chi connectivity index (χ2v) is 8.12. The number of esters is 1. The molecule has 1 heterocycles. The number of hydrogen-bond acceptors (Lipinski definition) is 5. The van der Waals surface area contributed by atoms with Gasteiger partial charge in [0.1, 0.15) is 12.1 Å². The molecular formula is C19H29N3O5. The van der Waals surface area contributed by atoms with Crippen LogP contribution in [0.15, 0.2) is 0 Å². The Morgan fingerprint density at radius 3 is 2.56 bits per heavy atom. The van der Waals surface area contributed by atoms with Crippen LogP contribution in [-0.2, 0) is 19.1 Å². The van der Waals surface area contributed by atoms with Crippen molar-refractivity contribution in [3.05, 3.63) is 0 Å². The molecule has 0 bridgehead atoms. The van der Waals surface area contributed by atoms with E-state index in [0.717, 1.165) is 37.0 Å². The Morgan fingerprint density at radius 1 is 1.22 bits per heavy atom. The molecule has 3 atom stereocenters. The molecule has 8 nitrogen and oxygen atoms in total. The summed E-state index contributed by atoms with van der Waals surface area (Å²) in [5.74, 6) is -1.06. The molecule has 0 radical (unpaired) electrons. The van der Waals surface area contributed by atoms with Gasteiger partial charge >= 0.3 is 12.0 Å². The van der Waals surface area contributed by atoms with Crippen molar-refractivity contribution >= 4 is 23.8 Å². The number of nitrogens with zero attached hydrogens (tertiary/aromatic N) is 1. The van der Waals surface area contributed by atoms with Gasteiger partial charge in [0, 0.05) is 6.04 Å². The Bertz CT molecular complexity index is 629. The first-order chi connectivity index (χ1) is 12.8. The zero-order valence-electron chi connectivity index (χ0n) is 16.1. The molecule has 0 unspecified atom stereocenters. The van der Waals surface area contributed by atoms with Crippen molar-refractivity contribution in [3.8, 4) is 0 Å². The number of ether oxygens (including phenoxy) is 1. The highest BCUT2D eigenvalue weighted by Gasteiger charge is 2.52. The van der Waals surface area contributed by atoms with E-state index in [1.54, 1.807) is 0 Å². The van der Waals surface area contributed by atoms with E-state index in [4.69, 9.17) is 4.74 Å². The Balaban J connectivity index is 1.50. The van der Waals surface area contributed by atoms with Gasteiger partial charge in [-0.1, -0.05) is 32.6 Å². The average molecular weight is 379 g/mol. The van der Waals surface area contributed by atoms with Crippen LogP contribution in [0.5, 0.6) is 0 Å². The van der Waals surface area contributed by atoms with Crippen LogP contribution < -0.4 is 10.6 Å². The number of rotatable bonds is 5. The van der Waals surface area contributed by atoms with Crippen molar-refractivity contribution < 1.29 is 23.9 Å². The second kappa shape index (κ2) is 7.86. The molecule has 150 valence electrons. The summed E-state index contributed by atoms with van der Waals surface area (Å²) in [6, 6.07) is -0.465. The molecule has 8 heteroatoms. The Morgan fingerprint density at radius 2 is 1.89 bits per heavy atom. The number of imide groups is 1. The van der Waals surface area contributed by atoms with Crippen LogP contribution in [0.2, 0.25) is 0 Å². The van der Waals surface area contributed by atoms with E-state index in [9.17, 15) is 19.2 Å². The third-order valence-corrected chi connectivity index (χ3v) is 6.11. The van der Waals surface area contributed by atoms with Crippen molar-refractivity contribution in [2.75, 3.05) is 6.54 Å². The zero-order valence-corrected chi connectivity index (χ0v) is 16.1. The molecule has 1 aliphatic heterocycles. The Kier molecular flexibility index (Phi) is 5.72. The van der Waals surface area contributed by atoms with E-state index in [-0.39, 0.29) is 17.9 Å². The van der Waals surface area contributed by atoms with Crippen LogP contribution in [0.3, 0.4) is 0 Å². The smallest absolute Gasteiger partial charge is 0.327 e. The molecule has 2 aliphatic carbocycles. The zero-order chi connectivity index (χ0) is 19.6. The Labute approximate surface area is 159 Å². The van der Waals surface area contributed by atoms with Gasteiger partial charge < -0.3 is 15.4 Å². The number of carbonyl (C=O) groups excluding carboxylic acids is 4. The lowest BCUT2D eigenvalue weighted by molar-refractivity contribution is -0.157. The molecule has 4 amide bonds. The number of nitrogens with one attached hydrogen (secondary N) is 2. The van der Waals surface area contributed by atoms with Gasteiger partial charge in [0.05, 0.1) is 0 Å². The lowest BCUT2D eigenvalue weighted by atomic mass is 9.86. The highest BCUT2D eigenvalue weighted by molar-refractivity contribution is 6.08. The van der Waals surface area contributed by atoms with E-state index in [1.165, 1.54) is 13.3 Å². The van der Waals surface area contributed by atoms with Gasteiger partial charge in [0.2, 0.25) is 0 Å². The lowest BCUT2D eigenvalue weighted by Crippen LogP contribution is -2.47. The van der Waals surface area contributed by atoms with Gasteiger partial charge in [-0.25, -0.2) is 4.79 Å². The molecule has 27 heavy (non-hydrogen) atoms. The number of hydrogen-bond donors (Lipinski definition) is 2. The first-order valence-electron chi connectivity index (χ1n) is 9.96. The summed E-state index contributed by atoms with van der Waals surface area (Å²) in [4.78, 5) is 50.1. The maximum absolute atomic E-state index is 12.5. The number of urea groups is 1. The minimum Gasteiger partial charge on any atom is -0.451 e. The number of amides is 4. The second-order valence-electron chi connectivity index (χ2n) is 8.12. The van der Waals surface area contributed by atoms with Crippen molar-refractivity contribution in [1.82, 2.24) is 15.5 Å². The topological polar surface area (TPSA) is 105 Å². The molecule has 1 saturated heterocycles. The van der Waals surface area contributed by atoms with E-state index >= 15 is 0 Å². The maximum atomic E-state index is 12.5. The summed E-state index contributed by atoms with van der Waals surface area (Å²) in [5.41, 5.74) is -0.850. The van der Waals surface area contributed by atoms with Crippen LogP contribution >= 0.6 is 0 Å².